The Morgan fingerprint density at radius 3 is 2.06 bits per heavy atom. The van der Waals surface area contributed by atoms with Crippen LogP contribution in [0.1, 0.15) is 24.0 Å². The molecule has 2 atom stereocenters. The molecular formula is C23H25BrN2O6. The Morgan fingerprint density at radius 1 is 0.969 bits per heavy atom. The molecule has 0 unspecified atom stereocenters. The van der Waals surface area contributed by atoms with Gasteiger partial charge in [0.15, 0.2) is 0 Å². The van der Waals surface area contributed by atoms with Crippen LogP contribution < -0.4 is 5.73 Å². The van der Waals surface area contributed by atoms with E-state index in [4.69, 9.17) is 10.5 Å². The number of carbonyl (C=O) groups is 4. The Bertz CT molecular complexity index is 923. The predicted octanol–water partition coefficient (Wildman–Crippen LogP) is 2.92. The second kappa shape index (κ2) is 12.7. The fourth-order valence-electron chi connectivity index (χ4n) is 3.02. The molecule has 170 valence electrons. The quantitative estimate of drug-likeness (QED) is 0.450. The minimum absolute atomic E-state index is 0.0409. The fraction of sp³-hybridized carbons (Fsp3) is 0.304. The molecule has 0 spiro atoms. The van der Waals surface area contributed by atoms with Crippen LogP contribution in [0.2, 0.25) is 0 Å². The van der Waals surface area contributed by atoms with Crippen LogP contribution in [0.25, 0.3) is 0 Å². The summed E-state index contributed by atoms with van der Waals surface area (Å²) in [5, 5.41) is 9.76. The van der Waals surface area contributed by atoms with E-state index < -0.39 is 30.1 Å². The van der Waals surface area contributed by atoms with Crippen molar-refractivity contribution in [3.8, 4) is 0 Å². The summed E-state index contributed by atoms with van der Waals surface area (Å²) in [6.45, 7) is -0.149. The van der Waals surface area contributed by atoms with Gasteiger partial charge in [-0.25, -0.2) is 14.5 Å². The van der Waals surface area contributed by atoms with Gasteiger partial charge in [-0.1, -0.05) is 76.6 Å². The monoisotopic (exact) mass is 504 g/mol. The maximum absolute atomic E-state index is 13.1. The highest BCUT2D eigenvalue weighted by molar-refractivity contribution is 9.09. The number of hydrogen-bond donors (Lipinski definition) is 2. The van der Waals surface area contributed by atoms with Crippen LogP contribution in [0.5, 0.6) is 0 Å². The number of benzene rings is 2. The number of Topliss-reactive ketones (excluding diaryl/α,β-unsaturated/α-hetero) is 1. The Kier molecular flexibility index (Phi) is 10.0. The van der Waals surface area contributed by atoms with Crippen LogP contribution in [-0.2, 0) is 32.1 Å². The van der Waals surface area contributed by atoms with Crippen molar-refractivity contribution in [1.82, 2.24) is 4.90 Å². The number of ketones is 1. The number of carboxylic acid groups (broad SMARTS) is 1. The van der Waals surface area contributed by atoms with Gasteiger partial charge in [0, 0.05) is 6.42 Å². The maximum Gasteiger partial charge on any atom is 0.417 e. The fourth-order valence-corrected chi connectivity index (χ4v) is 3.30. The summed E-state index contributed by atoms with van der Waals surface area (Å²) >= 11 is 3.02. The lowest BCUT2D eigenvalue weighted by atomic mass is 10.0. The van der Waals surface area contributed by atoms with Crippen LogP contribution in [0.3, 0.4) is 0 Å². The average Bonchev–Trinajstić information content (AvgIpc) is 2.80. The molecule has 9 heteroatoms. The van der Waals surface area contributed by atoms with E-state index in [0.29, 0.717) is 10.5 Å². The highest BCUT2D eigenvalue weighted by atomic mass is 79.9. The number of carbonyl (C=O) groups excluding carboxylic acids is 3. The molecule has 0 aliphatic rings. The van der Waals surface area contributed by atoms with Gasteiger partial charge in [0.25, 0.3) is 0 Å². The smallest absolute Gasteiger partial charge is 0.417 e. The molecule has 8 nitrogen and oxygen atoms in total. The number of ether oxygens (including phenoxy) is 1. The second-order valence-corrected chi connectivity index (χ2v) is 7.67. The van der Waals surface area contributed by atoms with Gasteiger partial charge < -0.3 is 15.6 Å². The summed E-state index contributed by atoms with van der Waals surface area (Å²) in [6, 6.07) is 14.9. The SMILES string of the molecule is N[C@@H](Cc1ccccc1)C(=O)N(C(=O)OCc1ccccc1)[C@@H](CCC(=O)CBr)C(=O)O. The lowest BCUT2D eigenvalue weighted by Crippen LogP contribution is -2.55. The number of nitrogens with two attached hydrogens (primary N) is 1. The third-order valence-electron chi connectivity index (χ3n) is 4.70. The third kappa shape index (κ3) is 7.58. The summed E-state index contributed by atoms with van der Waals surface area (Å²) < 4.78 is 5.23. The molecule has 2 amide bonds. The Labute approximate surface area is 194 Å². The number of rotatable bonds is 11. The van der Waals surface area contributed by atoms with E-state index in [0.717, 1.165) is 5.56 Å². The van der Waals surface area contributed by atoms with Crippen LogP contribution in [-0.4, -0.2) is 51.2 Å². The minimum atomic E-state index is -1.59. The zero-order valence-electron chi connectivity index (χ0n) is 17.4. The van der Waals surface area contributed by atoms with E-state index in [9.17, 15) is 24.3 Å². The Morgan fingerprint density at radius 2 is 1.53 bits per heavy atom. The first-order valence-electron chi connectivity index (χ1n) is 9.97. The molecule has 32 heavy (non-hydrogen) atoms. The number of imide groups is 1. The van der Waals surface area contributed by atoms with Crippen LogP contribution >= 0.6 is 15.9 Å². The highest BCUT2D eigenvalue weighted by Crippen LogP contribution is 2.15. The van der Waals surface area contributed by atoms with Crippen molar-refractivity contribution in [3.05, 3.63) is 71.8 Å². The van der Waals surface area contributed by atoms with Crippen molar-refractivity contribution in [3.63, 3.8) is 0 Å². The van der Waals surface area contributed by atoms with E-state index >= 15 is 0 Å². The number of aliphatic carboxylic acids is 1. The number of carboxylic acids is 1. The zero-order valence-corrected chi connectivity index (χ0v) is 18.9. The first kappa shape index (κ1) is 25.2. The topological polar surface area (TPSA) is 127 Å². The van der Waals surface area contributed by atoms with E-state index in [1.54, 1.807) is 54.6 Å². The van der Waals surface area contributed by atoms with Crippen molar-refractivity contribution >= 4 is 39.7 Å². The van der Waals surface area contributed by atoms with E-state index in [1.807, 2.05) is 6.07 Å². The van der Waals surface area contributed by atoms with Gasteiger partial charge in [-0.05, 0) is 24.0 Å². The lowest BCUT2D eigenvalue weighted by Gasteiger charge is -2.28. The number of halogens is 1. The molecule has 0 aromatic heterocycles. The van der Waals surface area contributed by atoms with Crippen LogP contribution in [0.4, 0.5) is 4.79 Å². The maximum atomic E-state index is 13.1. The normalized spacial score (nSPS) is 12.4. The van der Waals surface area contributed by atoms with Crippen LogP contribution in [0, 0.1) is 0 Å². The molecule has 0 aliphatic heterocycles. The molecule has 0 saturated heterocycles. The molecule has 0 radical (unpaired) electrons. The summed E-state index contributed by atoms with van der Waals surface area (Å²) in [4.78, 5) is 50.1. The molecule has 2 aromatic rings. The van der Waals surface area contributed by atoms with Crippen molar-refractivity contribution in [1.29, 1.82) is 0 Å². The van der Waals surface area contributed by atoms with Crippen molar-refractivity contribution < 1.29 is 29.0 Å². The molecule has 0 aliphatic carbocycles. The number of alkyl halides is 1. The van der Waals surface area contributed by atoms with E-state index in [1.165, 1.54) is 0 Å². The highest BCUT2D eigenvalue weighted by Gasteiger charge is 2.38. The summed E-state index contributed by atoms with van der Waals surface area (Å²) in [6.07, 6.45) is -1.40. The Hall–Kier alpha value is -3.04. The first-order valence-corrected chi connectivity index (χ1v) is 11.1. The molecule has 2 rings (SSSR count). The minimum Gasteiger partial charge on any atom is -0.480 e. The summed E-state index contributed by atoms with van der Waals surface area (Å²) in [5.41, 5.74) is 7.48. The number of hydrogen-bond acceptors (Lipinski definition) is 6. The van der Waals surface area contributed by atoms with E-state index in [-0.39, 0.29) is 37.0 Å². The van der Waals surface area contributed by atoms with Gasteiger partial charge in [-0.3, -0.25) is 9.59 Å². The van der Waals surface area contributed by atoms with Gasteiger partial charge in [0.1, 0.15) is 18.4 Å². The third-order valence-corrected chi connectivity index (χ3v) is 5.32. The van der Waals surface area contributed by atoms with Crippen molar-refractivity contribution in [2.24, 2.45) is 5.73 Å². The first-order chi connectivity index (χ1) is 15.3. The Balaban J connectivity index is 2.24. The zero-order chi connectivity index (χ0) is 23.5. The molecule has 0 bridgehead atoms. The average molecular weight is 505 g/mol. The molecule has 0 heterocycles. The van der Waals surface area contributed by atoms with Gasteiger partial charge in [0.05, 0.1) is 11.4 Å². The van der Waals surface area contributed by atoms with Crippen molar-refractivity contribution in [2.45, 2.75) is 38.0 Å². The van der Waals surface area contributed by atoms with Gasteiger partial charge in [-0.2, -0.15) is 0 Å². The summed E-state index contributed by atoms with van der Waals surface area (Å²) in [7, 11) is 0. The van der Waals surface area contributed by atoms with Crippen LogP contribution in [0.15, 0.2) is 60.7 Å². The summed E-state index contributed by atoms with van der Waals surface area (Å²) in [5.74, 6) is -2.57. The largest absolute Gasteiger partial charge is 0.480 e. The van der Waals surface area contributed by atoms with Gasteiger partial charge >= 0.3 is 12.1 Å². The molecule has 0 fully saturated rings. The molecule has 0 saturated carbocycles. The number of nitrogens with zero attached hydrogens (tertiary/aromatic N) is 1. The number of amides is 2. The molecular weight excluding hydrogens is 480 g/mol. The lowest BCUT2D eigenvalue weighted by molar-refractivity contribution is -0.149. The molecule has 3 N–H and O–H groups in total. The van der Waals surface area contributed by atoms with Gasteiger partial charge in [-0.15, -0.1) is 0 Å². The standard InChI is InChI=1S/C23H25BrN2O6/c24-14-18(27)11-12-20(22(29)30)26(23(31)32-15-17-9-5-2-6-10-17)21(28)19(25)13-16-7-3-1-4-8-16/h1-10,19-20H,11-15,25H2,(H,29,30)/t19-,20-/m0/s1. The van der Waals surface area contributed by atoms with Gasteiger partial charge in [0.2, 0.25) is 5.91 Å². The van der Waals surface area contributed by atoms with Crippen molar-refractivity contribution in [2.75, 3.05) is 5.33 Å². The molecule has 2 aromatic carbocycles. The second-order valence-electron chi connectivity index (χ2n) is 7.11. The van der Waals surface area contributed by atoms with E-state index in [2.05, 4.69) is 15.9 Å². The predicted molar refractivity (Wildman–Crippen MR) is 121 cm³/mol.